The molecule has 0 aromatic rings. The molecule has 0 atom stereocenters. The Balaban J connectivity index is 2.19. The molecule has 0 aromatic heterocycles. The Morgan fingerprint density at radius 2 is 2.08 bits per heavy atom. The van der Waals surface area contributed by atoms with Gasteiger partial charge in [-0.05, 0) is 25.8 Å². The van der Waals surface area contributed by atoms with Gasteiger partial charge in [0, 0.05) is 6.54 Å². The summed E-state index contributed by atoms with van der Waals surface area (Å²) in [6, 6.07) is 0. The maximum Gasteiger partial charge on any atom is 0.272 e. The molecule has 4 heteroatoms. The fourth-order valence-electron chi connectivity index (χ4n) is 1.64. The van der Waals surface area contributed by atoms with Crippen LogP contribution in [-0.4, -0.2) is 37.5 Å². The number of hydrogen-bond donors (Lipinski definition) is 1. The summed E-state index contributed by atoms with van der Waals surface area (Å²) in [6.07, 6.45) is 3.64. The Morgan fingerprint density at radius 3 is 2.46 bits per heavy atom. The number of rotatable bonds is 5. The van der Waals surface area contributed by atoms with E-state index < -0.39 is 12.5 Å². The second-order valence-corrected chi connectivity index (χ2v) is 4.05. The highest BCUT2D eigenvalue weighted by Gasteiger charge is 2.30. The SMILES string of the molecule is CN(CC1CCC1)CC(F)(F)CN. The molecular weight excluding hydrogens is 174 g/mol. The van der Waals surface area contributed by atoms with Gasteiger partial charge in [-0.15, -0.1) is 0 Å². The maximum atomic E-state index is 12.8. The van der Waals surface area contributed by atoms with E-state index in [1.807, 2.05) is 0 Å². The van der Waals surface area contributed by atoms with Crippen LogP contribution < -0.4 is 5.73 Å². The molecule has 1 fully saturated rings. The number of hydrogen-bond acceptors (Lipinski definition) is 2. The number of alkyl halides is 2. The molecule has 0 unspecified atom stereocenters. The van der Waals surface area contributed by atoms with Crippen LogP contribution in [0.2, 0.25) is 0 Å². The predicted octanol–water partition coefficient (Wildman–Crippen LogP) is 1.31. The van der Waals surface area contributed by atoms with Gasteiger partial charge in [-0.1, -0.05) is 6.42 Å². The highest BCUT2D eigenvalue weighted by atomic mass is 19.3. The van der Waals surface area contributed by atoms with Crippen molar-refractivity contribution in [2.75, 3.05) is 26.7 Å². The lowest BCUT2D eigenvalue weighted by Crippen LogP contribution is -2.42. The van der Waals surface area contributed by atoms with Crippen molar-refractivity contribution >= 4 is 0 Å². The van der Waals surface area contributed by atoms with Crippen molar-refractivity contribution in [2.45, 2.75) is 25.2 Å². The van der Waals surface area contributed by atoms with Crippen LogP contribution in [0.3, 0.4) is 0 Å². The molecule has 0 aromatic carbocycles. The Hall–Kier alpha value is -0.220. The summed E-state index contributed by atoms with van der Waals surface area (Å²) in [6.45, 7) is 0.0254. The van der Waals surface area contributed by atoms with Crippen molar-refractivity contribution in [2.24, 2.45) is 11.7 Å². The Morgan fingerprint density at radius 1 is 1.46 bits per heavy atom. The average molecular weight is 192 g/mol. The molecule has 1 rings (SSSR count). The standard InChI is InChI=1S/C9H18F2N2/c1-13(5-8-3-2-4-8)7-9(10,11)6-12/h8H,2-7,12H2,1H3. The van der Waals surface area contributed by atoms with Gasteiger partial charge in [0.05, 0.1) is 13.1 Å². The summed E-state index contributed by atoms with van der Waals surface area (Å²) in [5, 5.41) is 0. The van der Waals surface area contributed by atoms with Crippen LogP contribution in [0.1, 0.15) is 19.3 Å². The Labute approximate surface area is 78.1 Å². The molecule has 0 saturated heterocycles. The monoisotopic (exact) mass is 192 g/mol. The van der Waals surface area contributed by atoms with Crippen LogP contribution >= 0.6 is 0 Å². The van der Waals surface area contributed by atoms with E-state index in [1.54, 1.807) is 11.9 Å². The molecule has 1 aliphatic rings. The fraction of sp³-hybridized carbons (Fsp3) is 1.00. The second kappa shape index (κ2) is 4.33. The highest BCUT2D eigenvalue weighted by molar-refractivity contribution is 4.76. The van der Waals surface area contributed by atoms with Gasteiger partial charge in [-0.2, -0.15) is 0 Å². The third kappa shape index (κ3) is 3.56. The lowest BCUT2D eigenvalue weighted by atomic mass is 9.85. The Kier molecular flexibility index (Phi) is 3.62. The highest BCUT2D eigenvalue weighted by Crippen LogP contribution is 2.27. The van der Waals surface area contributed by atoms with E-state index in [1.165, 1.54) is 19.3 Å². The Bertz CT molecular complexity index is 158. The van der Waals surface area contributed by atoms with Gasteiger partial charge in [0.1, 0.15) is 0 Å². The molecule has 1 aliphatic carbocycles. The van der Waals surface area contributed by atoms with Crippen molar-refractivity contribution < 1.29 is 8.78 Å². The molecule has 2 N–H and O–H groups in total. The molecule has 0 amide bonds. The molecule has 2 nitrogen and oxygen atoms in total. The second-order valence-electron chi connectivity index (χ2n) is 4.05. The summed E-state index contributed by atoms with van der Waals surface area (Å²) in [5.41, 5.74) is 4.96. The van der Waals surface area contributed by atoms with E-state index in [4.69, 9.17) is 5.73 Å². The predicted molar refractivity (Wildman–Crippen MR) is 48.8 cm³/mol. The topological polar surface area (TPSA) is 29.3 Å². The van der Waals surface area contributed by atoms with Gasteiger partial charge in [0.2, 0.25) is 0 Å². The molecular formula is C9H18F2N2. The largest absolute Gasteiger partial charge is 0.325 e. The van der Waals surface area contributed by atoms with Crippen LogP contribution in [-0.2, 0) is 0 Å². The molecule has 0 spiro atoms. The van der Waals surface area contributed by atoms with Gasteiger partial charge in [-0.3, -0.25) is 0 Å². The zero-order valence-corrected chi connectivity index (χ0v) is 8.10. The minimum absolute atomic E-state index is 0.208. The molecule has 0 heterocycles. The summed E-state index contributed by atoms with van der Waals surface area (Å²) in [4.78, 5) is 1.69. The molecule has 13 heavy (non-hydrogen) atoms. The zero-order valence-electron chi connectivity index (χ0n) is 8.10. The molecule has 0 radical (unpaired) electrons. The van der Waals surface area contributed by atoms with Crippen LogP contribution in [0.25, 0.3) is 0 Å². The van der Waals surface area contributed by atoms with E-state index in [-0.39, 0.29) is 6.54 Å². The maximum absolute atomic E-state index is 12.8. The first kappa shape index (κ1) is 10.9. The van der Waals surface area contributed by atoms with Gasteiger partial charge >= 0.3 is 0 Å². The van der Waals surface area contributed by atoms with Crippen LogP contribution in [0.5, 0.6) is 0 Å². The number of nitrogens with zero attached hydrogens (tertiary/aromatic N) is 1. The lowest BCUT2D eigenvalue weighted by Gasteiger charge is -2.31. The average Bonchev–Trinajstić information content (AvgIpc) is 1.96. The lowest BCUT2D eigenvalue weighted by molar-refractivity contribution is -0.0225. The molecule has 0 aliphatic heterocycles. The van der Waals surface area contributed by atoms with Crippen molar-refractivity contribution in [3.8, 4) is 0 Å². The van der Waals surface area contributed by atoms with Crippen molar-refractivity contribution in [1.82, 2.24) is 4.90 Å². The van der Waals surface area contributed by atoms with E-state index in [9.17, 15) is 8.78 Å². The third-order valence-corrected chi connectivity index (χ3v) is 2.59. The quantitative estimate of drug-likeness (QED) is 0.711. The van der Waals surface area contributed by atoms with Crippen LogP contribution in [0.4, 0.5) is 8.78 Å². The van der Waals surface area contributed by atoms with E-state index >= 15 is 0 Å². The van der Waals surface area contributed by atoms with Gasteiger partial charge in [0.25, 0.3) is 5.92 Å². The molecule has 1 saturated carbocycles. The van der Waals surface area contributed by atoms with E-state index in [0.29, 0.717) is 5.92 Å². The normalized spacial score (nSPS) is 19.2. The summed E-state index contributed by atoms with van der Waals surface area (Å²) in [7, 11) is 1.74. The van der Waals surface area contributed by atoms with Crippen molar-refractivity contribution in [1.29, 1.82) is 0 Å². The molecule has 78 valence electrons. The summed E-state index contributed by atoms with van der Waals surface area (Å²) < 4.78 is 25.6. The number of nitrogens with two attached hydrogens (primary N) is 1. The summed E-state index contributed by atoms with van der Waals surface area (Å²) in [5.74, 6) is -2.09. The minimum Gasteiger partial charge on any atom is -0.325 e. The first-order chi connectivity index (χ1) is 6.03. The summed E-state index contributed by atoms with van der Waals surface area (Å²) >= 11 is 0. The van der Waals surface area contributed by atoms with Crippen LogP contribution in [0, 0.1) is 5.92 Å². The zero-order chi connectivity index (χ0) is 9.90. The van der Waals surface area contributed by atoms with Gasteiger partial charge in [0.15, 0.2) is 0 Å². The van der Waals surface area contributed by atoms with Gasteiger partial charge < -0.3 is 10.6 Å². The molecule has 0 bridgehead atoms. The number of halogens is 2. The van der Waals surface area contributed by atoms with Gasteiger partial charge in [-0.25, -0.2) is 8.78 Å². The van der Waals surface area contributed by atoms with Crippen molar-refractivity contribution in [3.05, 3.63) is 0 Å². The van der Waals surface area contributed by atoms with Crippen molar-refractivity contribution in [3.63, 3.8) is 0 Å². The fourth-order valence-corrected chi connectivity index (χ4v) is 1.64. The first-order valence-corrected chi connectivity index (χ1v) is 4.80. The van der Waals surface area contributed by atoms with E-state index in [2.05, 4.69) is 0 Å². The first-order valence-electron chi connectivity index (χ1n) is 4.80. The smallest absolute Gasteiger partial charge is 0.272 e. The van der Waals surface area contributed by atoms with E-state index in [0.717, 1.165) is 6.54 Å². The van der Waals surface area contributed by atoms with Crippen LogP contribution in [0.15, 0.2) is 0 Å². The minimum atomic E-state index is -2.72. The third-order valence-electron chi connectivity index (χ3n) is 2.59.